The second-order valence-corrected chi connectivity index (χ2v) is 30.6. The second kappa shape index (κ2) is 41.0. The Morgan fingerprint density at radius 3 is 1.38 bits per heavy atom. The molecule has 11 amide bonds. The van der Waals surface area contributed by atoms with Gasteiger partial charge in [-0.2, -0.15) is 0 Å². The zero-order valence-electron chi connectivity index (χ0n) is 64.7. The summed E-state index contributed by atoms with van der Waals surface area (Å²) in [4.78, 5) is 160. The van der Waals surface area contributed by atoms with Crippen molar-refractivity contribution in [2.45, 2.75) is 172 Å². The highest BCUT2D eigenvalue weighted by Gasteiger charge is 2.43. The number of primary amides is 1. The van der Waals surface area contributed by atoms with E-state index in [1.165, 1.54) is 20.1 Å². The number of carbonyl (C=O) groups excluding carboxylic acids is 11. The Kier molecular flexibility index (Phi) is 32.1. The van der Waals surface area contributed by atoms with Crippen LogP contribution in [0.1, 0.15) is 134 Å². The molecule has 592 valence electrons. The van der Waals surface area contributed by atoms with Crippen LogP contribution in [0.5, 0.6) is 0 Å². The molecule has 11 atom stereocenters. The molecule has 14 N–H and O–H groups in total. The number of imidazole rings is 1. The lowest BCUT2D eigenvalue weighted by molar-refractivity contribution is -0.140. The van der Waals surface area contributed by atoms with Crippen LogP contribution in [-0.4, -0.2) is 164 Å². The van der Waals surface area contributed by atoms with Crippen molar-refractivity contribution in [3.63, 3.8) is 0 Å². The Bertz CT molecular complexity index is 4110. The lowest BCUT2D eigenvalue weighted by Gasteiger charge is -2.37. The van der Waals surface area contributed by atoms with E-state index >= 15 is 9.59 Å². The molecule has 0 aliphatic rings. The summed E-state index contributed by atoms with van der Waals surface area (Å²) in [6.45, 7) is 15.3. The van der Waals surface area contributed by atoms with Crippen LogP contribution in [0.4, 0.5) is 0 Å². The van der Waals surface area contributed by atoms with Gasteiger partial charge >= 0.3 is 0 Å². The predicted molar refractivity (Wildman–Crippen MR) is 423 cm³/mol. The highest BCUT2D eigenvalue weighted by molar-refractivity contribution is 7.84. The quantitative estimate of drug-likeness (QED) is 0.0238. The molecule has 1 aromatic heterocycles. The summed E-state index contributed by atoms with van der Waals surface area (Å²) >= 11 is 0. The van der Waals surface area contributed by atoms with E-state index < -0.39 is 172 Å². The fourth-order valence-corrected chi connectivity index (χ4v) is 13.7. The number of nitrogens with zero attached hydrogens (tertiary/aromatic N) is 2. The van der Waals surface area contributed by atoms with Gasteiger partial charge in [-0.3, -0.25) is 56.9 Å². The molecule has 0 radical (unpaired) electrons. The molecule has 6 aromatic carbocycles. The van der Waals surface area contributed by atoms with Crippen LogP contribution in [0.25, 0.3) is 0 Å². The molecule has 7 rings (SSSR count). The van der Waals surface area contributed by atoms with Crippen molar-refractivity contribution in [2.75, 3.05) is 25.1 Å². The minimum Gasteiger partial charge on any atom is -0.370 e. The summed E-state index contributed by atoms with van der Waals surface area (Å²) in [6, 6.07) is 45.8. The van der Waals surface area contributed by atoms with Crippen LogP contribution >= 0.6 is 0 Å². The minimum absolute atomic E-state index is 0.0410. The molecule has 28 heteroatoms. The summed E-state index contributed by atoms with van der Waals surface area (Å²) in [7, 11) is -1.32. The van der Waals surface area contributed by atoms with E-state index in [1.807, 2.05) is 200 Å². The van der Waals surface area contributed by atoms with Gasteiger partial charge in [0.2, 0.25) is 65.0 Å². The molecule has 0 aliphatic carbocycles. The number of nitrogens with one attached hydrogen (secondary N) is 10. The number of benzene rings is 6. The van der Waals surface area contributed by atoms with Crippen molar-refractivity contribution in [3.8, 4) is 0 Å². The molecular weight excluding hydrogens is 1430 g/mol. The van der Waals surface area contributed by atoms with Gasteiger partial charge in [-0.25, -0.2) is 4.98 Å². The monoisotopic (exact) mass is 1540 g/mol. The molecule has 0 fully saturated rings. The first kappa shape index (κ1) is 87.0. The molecule has 0 bridgehead atoms. The molecule has 0 spiro atoms. The maximum absolute atomic E-state index is 15.1. The third kappa shape index (κ3) is 24.1. The van der Waals surface area contributed by atoms with Crippen molar-refractivity contribution in [1.82, 2.24) is 62.7 Å². The number of hydrogen-bond acceptors (Lipinski definition) is 15. The van der Waals surface area contributed by atoms with Gasteiger partial charge in [0.1, 0.15) is 59.4 Å². The van der Waals surface area contributed by atoms with Crippen LogP contribution in [0.15, 0.2) is 195 Å². The molecule has 0 aliphatic heterocycles. The maximum atomic E-state index is 15.1. The number of carbonyl (C=O) groups is 11. The van der Waals surface area contributed by atoms with Crippen molar-refractivity contribution in [2.24, 2.45) is 23.3 Å². The number of aromatic nitrogens is 2. The van der Waals surface area contributed by atoms with Crippen molar-refractivity contribution in [3.05, 3.63) is 234 Å². The van der Waals surface area contributed by atoms with Gasteiger partial charge in [0.25, 0.3) is 0 Å². The zero-order chi connectivity index (χ0) is 81.2. The van der Waals surface area contributed by atoms with Crippen LogP contribution in [-0.2, 0) is 85.8 Å². The third-order valence-corrected chi connectivity index (χ3v) is 19.7. The highest BCUT2D eigenvalue weighted by atomic mass is 32.2. The molecule has 7 aromatic rings. The Labute approximate surface area is 651 Å². The average molecular weight is 1540 g/mol. The first-order valence-electron chi connectivity index (χ1n) is 37.1. The lowest BCUT2D eigenvalue weighted by Crippen LogP contribution is -2.62. The number of nitrogens with two attached hydrogens (primary N) is 2. The molecule has 1 unspecified atom stereocenters. The number of amides is 11. The Hall–Kier alpha value is -11.2. The van der Waals surface area contributed by atoms with Gasteiger partial charge in [-0.05, 0) is 99.6 Å². The highest BCUT2D eigenvalue weighted by Crippen LogP contribution is 2.41. The van der Waals surface area contributed by atoms with Gasteiger partial charge in [0.15, 0.2) is 0 Å². The zero-order valence-corrected chi connectivity index (χ0v) is 65.6. The van der Waals surface area contributed by atoms with Gasteiger partial charge in [-0.1, -0.05) is 216 Å². The van der Waals surface area contributed by atoms with E-state index in [4.69, 9.17) is 21.2 Å². The fraction of sp³-hybridized carbons (Fsp3) is 0.398. The van der Waals surface area contributed by atoms with Crippen molar-refractivity contribution in [1.29, 1.82) is 0 Å². The minimum atomic E-state index is -1.65. The first-order valence-corrected chi connectivity index (χ1v) is 38.9. The van der Waals surface area contributed by atoms with Crippen molar-refractivity contribution >= 4 is 75.8 Å². The van der Waals surface area contributed by atoms with E-state index in [0.717, 1.165) is 16.7 Å². The molecular formula is C83H106N14O13S. The Morgan fingerprint density at radius 1 is 0.495 bits per heavy atom. The van der Waals surface area contributed by atoms with E-state index in [9.17, 15) is 47.4 Å². The average Bonchev–Trinajstić information content (AvgIpc) is 1.73. The second-order valence-electron chi connectivity index (χ2n) is 29.0. The predicted octanol–water partition coefficient (Wildman–Crippen LogP) is 4.31. The smallest absolute Gasteiger partial charge is 0.245 e. The Morgan fingerprint density at radius 2 is 0.928 bits per heavy atom. The summed E-state index contributed by atoms with van der Waals surface area (Å²) in [5.41, 5.74) is 13.2. The van der Waals surface area contributed by atoms with E-state index in [1.54, 1.807) is 54.1 Å². The largest absolute Gasteiger partial charge is 0.370 e. The van der Waals surface area contributed by atoms with Gasteiger partial charge < -0.3 is 73.9 Å². The van der Waals surface area contributed by atoms with Crippen LogP contribution in [0.2, 0.25) is 0 Å². The number of ether oxygens (including phenoxy) is 1. The molecule has 27 nitrogen and oxygen atoms in total. The van der Waals surface area contributed by atoms with Crippen LogP contribution < -0.4 is 64.6 Å². The van der Waals surface area contributed by atoms with Gasteiger partial charge in [0.05, 0.1) is 43.2 Å². The molecule has 1 heterocycles. The number of hydrogen-bond donors (Lipinski definition) is 12. The number of rotatable bonds is 40. The van der Waals surface area contributed by atoms with Gasteiger partial charge in [0, 0.05) is 35.4 Å². The summed E-state index contributed by atoms with van der Waals surface area (Å²) in [6.07, 6.45) is 3.22. The molecule has 111 heavy (non-hydrogen) atoms. The molecule has 0 saturated carbocycles. The topological polar surface area (TPSA) is 404 Å². The fourth-order valence-electron chi connectivity index (χ4n) is 13.1. The third-order valence-electron chi connectivity index (χ3n) is 18.8. The summed E-state index contributed by atoms with van der Waals surface area (Å²) in [5.74, 6) is -9.83. The van der Waals surface area contributed by atoms with Crippen LogP contribution in [0.3, 0.4) is 0 Å². The first-order chi connectivity index (χ1) is 52.8. The SMILES string of the molecule is CC[C@H](C)[C@H](NC(=O)CNC(=O)[C@H](C)NC(=O)[C@H](C)NC(=O)[C@H](Cc1cn(C(c2ccccc2)(c2ccccc2)c2ccccc2)cn1)NC(=O)[C@H](CC(=O)NC(c1ccccc1)(c1ccccc1)c1ccccc1)NC(=O)CN)C(=O)N[C@@H](CC(C)C)C(=O)N[C@H](C(=O)N[C@@H](CCS(C)=O)C(N)=O)[C@@H](C)OC(C)(C)C. The Balaban J connectivity index is 1.10. The van der Waals surface area contributed by atoms with Gasteiger partial charge in [-0.15, -0.1) is 0 Å². The molecule has 0 saturated heterocycles. The van der Waals surface area contributed by atoms with E-state index in [0.29, 0.717) is 23.1 Å². The normalized spacial score (nSPS) is 14.6. The lowest BCUT2D eigenvalue weighted by atomic mass is 9.77. The van der Waals surface area contributed by atoms with Crippen molar-refractivity contribution < 1.29 is 61.7 Å². The van der Waals surface area contributed by atoms with E-state index in [-0.39, 0.29) is 36.6 Å². The maximum Gasteiger partial charge on any atom is 0.245 e. The summed E-state index contributed by atoms with van der Waals surface area (Å²) in [5, 5.41) is 26.9. The van der Waals surface area contributed by atoms with E-state index in [2.05, 4.69) is 53.2 Å². The standard InChI is InChI=1S/C83H106N14O13S/c1-12-53(4)71(79(107)93-65(45-52(2)3)78(106)95-72(56(7)110-81(8,9)10)80(108)91-64(73(85)101)43-44-111(11)109)94-70(100)49-86-74(102)54(5)88-75(103)55(6)89-76(104)66(46-63-50-97(51-87-63)83(60-37-25-16-26-38-60,61-39-27-17-28-40-61)62-41-29-18-30-42-62)92-77(105)67(90-69(99)48-84)47-68(98)96-82(57-31-19-13-20-32-57,58-33-21-14-22-34-58)59-35-23-15-24-36-59/h13-42,50-56,64-67,71-72H,12,43-49,84H2,1-11H3,(H2,85,101)(H,86,102)(H,88,103)(H,89,104)(H,90,99)(H,91,108)(H,92,105)(H,93,107)(H,94,100)(H,95,106)(H,96,98)/t53-,54-,55-,56+,64-,65-,66-,67-,71-,72-,111?/m0/s1. The summed E-state index contributed by atoms with van der Waals surface area (Å²) < 4.78 is 19.9. The van der Waals surface area contributed by atoms with Crippen LogP contribution in [0, 0.1) is 11.8 Å².